The van der Waals surface area contributed by atoms with Crippen molar-refractivity contribution in [3.8, 4) is 0 Å². The Morgan fingerprint density at radius 1 is 1.30 bits per heavy atom. The first-order valence-corrected chi connectivity index (χ1v) is 6.77. The third-order valence-electron chi connectivity index (χ3n) is 3.82. The number of carbonyl (C=O) groups excluding carboxylic acids is 1. The summed E-state index contributed by atoms with van der Waals surface area (Å²) in [6.07, 6.45) is 0.335. The molecule has 1 aliphatic rings. The predicted molar refractivity (Wildman–Crippen MR) is 74.9 cm³/mol. The lowest BCUT2D eigenvalue weighted by molar-refractivity contribution is -0.152. The lowest BCUT2D eigenvalue weighted by Gasteiger charge is -2.36. The van der Waals surface area contributed by atoms with Gasteiger partial charge in [-0.3, -0.25) is 4.79 Å². The number of amides is 1. The van der Waals surface area contributed by atoms with Gasteiger partial charge in [-0.25, -0.2) is 4.79 Å². The minimum absolute atomic E-state index is 0.0193. The number of nitrogens with zero attached hydrogens (tertiary/aromatic N) is 1. The molecule has 0 radical (unpaired) electrons. The molecule has 1 aromatic carbocycles. The molecule has 1 aliphatic heterocycles. The quantitative estimate of drug-likeness (QED) is 0.863. The van der Waals surface area contributed by atoms with Crippen molar-refractivity contribution in [1.82, 2.24) is 4.90 Å². The van der Waals surface area contributed by atoms with Gasteiger partial charge >= 0.3 is 5.97 Å². The highest BCUT2D eigenvalue weighted by atomic mass is 16.4. The highest BCUT2D eigenvalue weighted by molar-refractivity contribution is 5.87. The molecule has 5 nitrogen and oxygen atoms in total. The Hall–Kier alpha value is -1.88. The lowest BCUT2D eigenvalue weighted by atomic mass is 9.92. The fraction of sp³-hybridized carbons (Fsp3) is 0.467. The summed E-state index contributed by atoms with van der Waals surface area (Å²) in [5.74, 6) is -1.29. The van der Waals surface area contributed by atoms with E-state index in [1.54, 1.807) is 0 Å². The summed E-state index contributed by atoms with van der Waals surface area (Å²) in [6.45, 7) is 4.03. The molecule has 0 aromatic heterocycles. The zero-order valence-corrected chi connectivity index (χ0v) is 11.7. The van der Waals surface area contributed by atoms with Gasteiger partial charge in [-0.05, 0) is 17.0 Å². The van der Waals surface area contributed by atoms with E-state index in [4.69, 9.17) is 5.73 Å². The summed E-state index contributed by atoms with van der Waals surface area (Å²) in [7, 11) is 0. The molecule has 5 heteroatoms. The molecule has 2 atom stereocenters. The number of carboxylic acid groups (broad SMARTS) is 1. The third-order valence-corrected chi connectivity index (χ3v) is 3.82. The summed E-state index contributed by atoms with van der Waals surface area (Å²) in [4.78, 5) is 25.2. The molecule has 1 amide bonds. The molecular weight excluding hydrogens is 256 g/mol. The molecule has 2 rings (SSSR count). The average Bonchev–Trinajstić information content (AvgIpc) is 2.44. The topological polar surface area (TPSA) is 83.6 Å². The molecule has 1 aromatic rings. The minimum Gasteiger partial charge on any atom is -0.480 e. The molecule has 1 heterocycles. The fourth-order valence-electron chi connectivity index (χ4n) is 2.45. The number of aliphatic carboxylic acids is 1. The van der Waals surface area contributed by atoms with E-state index in [0.717, 1.165) is 11.1 Å². The van der Waals surface area contributed by atoms with Gasteiger partial charge in [0.05, 0.1) is 6.04 Å². The number of benzene rings is 1. The maximum absolute atomic E-state index is 12.4. The van der Waals surface area contributed by atoms with Crippen LogP contribution >= 0.6 is 0 Å². The van der Waals surface area contributed by atoms with Crippen LogP contribution in [0.25, 0.3) is 0 Å². The van der Waals surface area contributed by atoms with E-state index in [9.17, 15) is 14.7 Å². The van der Waals surface area contributed by atoms with Crippen LogP contribution < -0.4 is 5.73 Å². The Bertz CT molecular complexity index is 528. The minimum atomic E-state index is -0.983. The van der Waals surface area contributed by atoms with E-state index in [2.05, 4.69) is 0 Å². The average molecular weight is 276 g/mol. The Kier molecular flexibility index (Phi) is 4.09. The molecule has 0 bridgehead atoms. The molecule has 1 unspecified atom stereocenters. The summed E-state index contributed by atoms with van der Waals surface area (Å²) in [5.41, 5.74) is 7.87. The van der Waals surface area contributed by atoms with E-state index in [-0.39, 0.29) is 11.8 Å². The number of nitrogens with two attached hydrogens (primary N) is 1. The van der Waals surface area contributed by atoms with Crippen molar-refractivity contribution in [1.29, 1.82) is 0 Å². The first-order valence-electron chi connectivity index (χ1n) is 6.77. The van der Waals surface area contributed by atoms with Crippen LogP contribution in [-0.4, -0.2) is 34.0 Å². The van der Waals surface area contributed by atoms with Crippen LogP contribution in [0.4, 0.5) is 0 Å². The van der Waals surface area contributed by atoms with Crippen molar-refractivity contribution in [3.05, 3.63) is 35.4 Å². The summed E-state index contributed by atoms with van der Waals surface area (Å²) in [6, 6.07) is 6.12. The van der Waals surface area contributed by atoms with Crippen LogP contribution in [0.2, 0.25) is 0 Å². The van der Waals surface area contributed by atoms with Crippen LogP contribution in [-0.2, 0) is 22.6 Å². The van der Waals surface area contributed by atoms with E-state index in [1.807, 2.05) is 38.1 Å². The van der Waals surface area contributed by atoms with Gasteiger partial charge in [0.25, 0.3) is 0 Å². The van der Waals surface area contributed by atoms with Crippen LogP contribution in [0.3, 0.4) is 0 Å². The Morgan fingerprint density at radius 2 is 1.90 bits per heavy atom. The van der Waals surface area contributed by atoms with Gasteiger partial charge in [0, 0.05) is 13.0 Å². The first kappa shape index (κ1) is 14.5. The lowest BCUT2D eigenvalue weighted by Crippen LogP contribution is -2.55. The van der Waals surface area contributed by atoms with Crippen LogP contribution in [0.1, 0.15) is 25.0 Å². The Labute approximate surface area is 118 Å². The summed E-state index contributed by atoms with van der Waals surface area (Å²) >= 11 is 0. The van der Waals surface area contributed by atoms with E-state index in [0.29, 0.717) is 13.0 Å². The Morgan fingerprint density at radius 3 is 2.45 bits per heavy atom. The van der Waals surface area contributed by atoms with Crippen molar-refractivity contribution in [2.75, 3.05) is 0 Å². The van der Waals surface area contributed by atoms with Crippen molar-refractivity contribution < 1.29 is 14.7 Å². The number of hydrogen-bond donors (Lipinski definition) is 2. The van der Waals surface area contributed by atoms with E-state index < -0.39 is 18.1 Å². The van der Waals surface area contributed by atoms with Gasteiger partial charge in [-0.2, -0.15) is 0 Å². The number of hydrogen-bond acceptors (Lipinski definition) is 3. The molecule has 108 valence electrons. The van der Waals surface area contributed by atoms with Crippen LogP contribution in [0.5, 0.6) is 0 Å². The largest absolute Gasteiger partial charge is 0.480 e. The number of fused-ring (bicyclic) bond motifs is 1. The van der Waals surface area contributed by atoms with Gasteiger partial charge in [-0.1, -0.05) is 38.1 Å². The molecule has 0 saturated heterocycles. The standard InChI is InChI=1S/C15H20N2O3/c1-9(2)13(16)14(18)17-8-11-6-4-3-5-10(11)7-12(17)15(19)20/h3-6,9,12-13H,7-8,16H2,1-2H3,(H,19,20)/t12?,13-/m0/s1. The van der Waals surface area contributed by atoms with Crippen molar-refractivity contribution in [2.24, 2.45) is 11.7 Å². The van der Waals surface area contributed by atoms with E-state index in [1.165, 1.54) is 4.90 Å². The smallest absolute Gasteiger partial charge is 0.326 e. The second-order valence-corrected chi connectivity index (χ2v) is 5.56. The zero-order chi connectivity index (χ0) is 14.9. The molecule has 0 spiro atoms. The third kappa shape index (κ3) is 2.67. The zero-order valence-electron chi connectivity index (χ0n) is 11.7. The van der Waals surface area contributed by atoms with Crippen LogP contribution in [0, 0.1) is 5.92 Å². The molecular formula is C15H20N2O3. The molecule has 20 heavy (non-hydrogen) atoms. The molecule has 0 saturated carbocycles. The monoisotopic (exact) mass is 276 g/mol. The van der Waals surface area contributed by atoms with Gasteiger partial charge in [0.15, 0.2) is 0 Å². The number of carbonyl (C=O) groups is 2. The normalized spacial score (nSPS) is 19.6. The van der Waals surface area contributed by atoms with Crippen LogP contribution in [0.15, 0.2) is 24.3 Å². The fourth-order valence-corrected chi connectivity index (χ4v) is 2.45. The highest BCUT2D eigenvalue weighted by Gasteiger charge is 2.36. The molecule has 0 fully saturated rings. The van der Waals surface area contributed by atoms with Gasteiger partial charge in [-0.15, -0.1) is 0 Å². The second kappa shape index (κ2) is 5.63. The predicted octanol–water partition coefficient (Wildman–Crippen LogP) is 1.01. The van der Waals surface area contributed by atoms with E-state index >= 15 is 0 Å². The van der Waals surface area contributed by atoms with Crippen molar-refractivity contribution in [2.45, 2.75) is 38.9 Å². The summed E-state index contributed by atoms with van der Waals surface area (Å²) in [5, 5.41) is 9.37. The maximum atomic E-state index is 12.4. The van der Waals surface area contributed by atoms with Gasteiger partial charge < -0.3 is 15.7 Å². The van der Waals surface area contributed by atoms with Gasteiger partial charge in [0.2, 0.25) is 5.91 Å². The Balaban J connectivity index is 2.31. The molecule has 0 aliphatic carbocycles. The highest BCUT2D eigenvalue weighted by Crippen LogP contribution is 2.24. The van der Waals surface area contributed by atoms with Crippen molar-refractivity contribution >= 4 is 11.9 Å². The van der Waals surface area contributed by atoms with Crippen molar-refractivity contribution in [3.63, 3.8) is 0 Å². The second-order valence-electron chi connectivity index (χ2n) is 5.56. The molecule has 3 N–H and O–H groups in total. The van der Waals surface area contributed by atoms with Gasteiger partial charge in [0.1, 0.15) is 6.04 Å². The maximum Gasteiger partial charge on any atom is 0.326 e. The number of rotatable bonds is 3. The SMILES string of the molecule is CC(C)[C@H](N)C(=O)N1Cc2ccccc2CC1C(=O)O. The number of carboxylic acids is 1. The first-order chi connectivity index (χ1) is 9.41. The summed E-state index contributed by atoms with van der Waals surface area (Å²) < 4.78 is 0.